The number of aryl methyl sites for hydroxylation is 1. The summed E-state index contributed by atoms with van der Waals surface area (Å²) in [7, 11) is 0. The van der Waals surface area contributed by atoms with E-state index in [2.05, 4.69) is 20.3 Å². The highest BCUT2D eigenvalue weighted by atomic mass is 19.4. The zero-order valence-corrected chi connectivity index (χ0v) is 11.7. The van der Waals surface area contributed by atoms with Gasteiger partial charge in [0, 0.05) is 24.5 Å². The van der Waals surface area contributed by atoms with Gasteiger partial charge in [-0.3, -0.25) is 4.98 Å². The van der Waals surface area contributed by atoms with Gasteiger partial charge in [0.15, 0.2) is 5.69 Å². The molecule has 0 aliphatic carbocycles. The summed E-state index contributed by atoms with van der Waals surface area (Å²) in [6.07, 6.45) is -0.634. The number of hydrogen-bond donors (Lipinski definition) is 1. The van der Waals surface area contributed by atoms with Crippen LogP contribution in [0.1, 0.15) is 24.6 Å². The van der Waals surface area contributed by atoms with E-state index < -0.39 is 11.9 Å². The molecule has 2 aromatic rings. The monoisotopic (exact) mass is 296 g/mol. The lowest BCUT2D eigenvalue weighted by molar-refractivity contribution is -0.141. The van der Waals surface area contributed by atoms with Gasteiger partial charge < -0.3 is 5.32 Å². The quantitative estimate of drug-likeness (QED) is 0.935. The minimum absolute atomic E-state index is 0.0158. The molecule has 1 N–H and O–H groups in total. The predicted octanol–water partition coefficient (Wildman–Crippen LogP) is 3.69. The van der Waals surface area contributed by atoms with Gasteiger partial charge in [-0.1, -0.05) is 6.92 Å². The van der Waals surface area contributed by atoms with Crippen LogP contribution in [0.4, 0.5) is 19.1 Å². The number of pyridine rings is 1. The summed E-state index contributed by atoms with van der Waals surface area (Å²) in [6.45, 7) is 4.20. The van der Waals surface area contributed by atoms with Crippen molar-refractivity contribution in [3.8, 4) is 11.3 Å². The molecule has 0 spiro atoms. The smallest absolute Gasteiger partial charge is 0.354 e. The highest BCUT2D eigenvalue weighted by Crippen LogP contribution is 2.31. The van der Waals surface area contributed by atoms with Crippen LogP contribution < -0.4 is 5.32 Å². The summed E-state index contributed by atoms with van der Waals surface area (Å²) in [5, 5.41) is 2.80. The minimum atomic E-state index is -4.51. The number of nitrogens with zero attached hydrogens (tertiary/aromatic N) is 3. The summed E-state index contributed by atoms with van der Waals surface area (Å²) >= 11 is 0. The third kappa shape index (κ3) is 3.68. The molecule has 0 unspecified atom stereocenters. The molecule has 0 bridgehead atoms. The maximum atomic E-state index is 13.0. The number of anilines is 1. The second-order valence-corrected chi connectivity index (χ2v) is 4.58. The molecule has 7 heteroatoms. The van der Waals surface area contributed by atoms with E-state index in [1.165, 1.54) is 6.20 Å². The van der Waals surface area contributed by atoms with E-state index in [0.29, 0.717) is 12.1 Å². The fourth-order valence-electron chi connectivity index (χ4n) is 1.81. The molecule has 2 aromatic heterocycles. The third-order valence-electron chi connectivity index (χ3n) is 2.85. The van der Waals surface area contributed by atoms with Gasteiger partial charge in [-0.2, -0.15) is 13.2 Å². The normalized spacial score (nSPS) is 11.5. The lowest BCUT2D eigenvalue weighted by atomic mass is 10.1. The molecule has 0 aromatic carbocycles. The van der Waals surface area contributed by atoms with Crippen LogP contribution in [0, 0.1) is 6.92 Å². The maximum absolute atomic E-state index is 13.0. The molecular weight excluding hydrogens is 281 g/mol. The molecule has 0 saturated carbocycles. The summed E-state index contributed by atoms with van der Waals surface area (Å²) < 4.78 is 38.9. The lowest BCUT2D eigenvalue weighted by Gasteiger charge is -2.12. The fraction of sp³-hybridized carbons (Fsp3) is 0.357. The van der Waals surface area contributed by atoms with Crippen molar-refractivity contribution >= 4 is 5.95 Å². The van der Waals surface area contributed by atoms with Gasteiger partial charge in [0.2, 0.25) is 5.95 Å². The second kappa shape index (κ2) is 6.07. The van der Waals surface area contributed by atoms with Crippen molar-refractivity contribution in [1.29, 1.82) is 0 Å². The molecular formula is C14H15F3N4. The summed E-state index contributed by atoms with van der Waals surface area (Å²) in [6, 6.07) is 2.60. The van der Waals surface area contributed by atoms with Gasteiger partial charge in [-0.05, 0) is 31.0 Å². The standard InChI is InChI=1S/C14H15F3N4/c1-3-5-19-13-20-11(7-12(21-13)14(15,16)17)10-4-6-18-8-9(10)2/h4,6-8H,3,5H2,1-2H3,(H,19,20,21). The molecule has 0 atom stereocenters. The first-order chi connectivity index (χ1) is 9.91. The van der Waals surface area contributed by atoms with Crippen molar-refractivity contribution in [2.24, 2.45) is 0 Å². The highest BCUT2D eigenvalue weighted by molar-refractivity contribution is 5.64. The van der Waals surface area contributed by atoms with Gasteiger partial charge in [0.05, 0.1) is 5.69 Å². The van der Waals surface area contributed by atoms with Crippen LogP contribution in [-0.2, 0) is 6.18 Å². The van der Waals surface area contributed by atoms with Gasteiger partial charge in [-0.15, -0.1) is 0 Å². The van der Waals surface area contributed by atoms with E-state index in [0.717, 1.165) is 18.1 Å². The Labute approximate surface area is 120 Å². The topological polar surface area (TPSA) is 50.7 Å². The van der Waals surface area contributed by atoms with Gasteiger partial charge in [0.25, 0.3) is 0 Å². The number of hydrogen-bond acceptors (Lipinski definition) is 4. The molecule has 0 radical (unpaired) electrons. The van der Waals surface area contributed by atoms with Crippen LogP contribution in [0.25, 0.3) is 11.3 Å². The Balaban J connectivity index is 2.52. The molecule has 0 aliphatic heterocycles. The number of rotatable bonds is 4. The molecule has 21 heavy (non-hydrogen) atoms. The molecule has 2 rings (SSSR count). The average Bonchev–Trinajstić information content (AvgIpc) is 2.44. The zero-order chi connectivity index (χ0) is 15.5. The van der Waals surface area contributed by atoms with Crippen LogP contribution in [0.5, 0.6) is 0 Å². The number of alkyl halides is 3. The van der Waals surface area contributed by atoms with Gasteiger partial charge in [0.1, 0.15) is 0 Å². The van der Waals surface area contributed by atoms with Crippen molar-refractivity contribution in [1.82, 2.24) is 15.0 Å². The Morgan fingerprint density at radius 1 is 1.24 bits per heavy atom. The first-order valence-corrected chi connectivity index (χ1v) is 6.53. The van der Waals surface area contributed by atoms with E-state index in [4.69, 9.17) is 0 Å². The predicted molar refractivity (Wildman–Crippen MR) is 73.8 cm³/mol. The lowest BCUT2D eigenvalue weighted by Crippen LogP contribution is -2.13. The Bertz CT molecular complexity index is 626. The third-order valence-corrected chi connectivity index (χ3v) is 2.85. The Hall–Kier alpha value is -2.18. The molecule has 0 fully saturated rings. The zero-order valence-electron chi connectivity index (χ0n) is 11.7. The van der Waals surface area contributed by atoms with Crippen molar-refractivity contribution in [3.63, 3.8) is 0 Å². The van der Waals surface area contributed by atoms with E-state index in [9.17, 15) is 13.2 Å². The molecule has 0 amide bonds. The van der Waals surface area contributed by atoms with E-state index >= 15 is 0 Å². The summed E-state index contributed by atoms with van der Waals surface area (Å²) in [5.74, 6) is -0.0158. The number of nitrogens with one attached hydrogen (secondary N) is 1. The van der Waals surface area contributed by atoms with Crippen molar-refractivity contribution in [2.75, 3.05) is 11.9 Å². The Morgan fingerprint density at radius 3 is 2.62 bits per heavy atom. The summed E-state index contributed by atoms with van der Waals surface area (Å²) in [4.78, 5) is 11.6. The molecule has 2 heterocycles. The molecule has 0 aliphatic rings. The highest BCUT2D eigenvalue weighted by Gasteiger charge is 2.33. The molecule has 0 saturated heterocycles. The van der Waals surface area contributed by atoms with Gasteiger partial charge >= 0.3 is 6.18 Å². The van der Waals surface area contributed by atoms with E-state index in [-0.39, 0.29) is 11.6 Å². The van der Waals surface area contributed by atoms with Crippen LogP contribution in [0.15, 0.2) is 24.5 Å². The van der Waals surface area contributed by atoms with Crippen LogP contribution in [-0.4, -0.2) is 21.5 Å². The fourth-order valence-corrected chi connectivity index (χ4v) is 1.81. The van der Waals surface area contributed by atoms with Crippen molar-refractivity contribution < 1.29 is 13.2 Å². The van der Waals surface area contributed by atoms with E-state index in [1.807, 2.05) is 6.92 Å². The molecule has 4 nitrogen and oxygen atoms in total. The van der Waals surface area contributed by atoms with Crippen molar-refractivity contribution in [3.05, 3.63) is 35.8 Å². The van der Waals surface area contributed by atoms with Crippen LogP contribution >= 0.6 is 0 Å². The summed E-state index contributed by atoms with van der Waals surface area (Å²) in [5.41, 5.74) is 0.640. The SMILES string of the molecule is CCCNc1nc(-c2ccncc2C)cc(C(F)(F)F)n1. The first-order valence-electron chi connectivity index (χ1n) is 6.53. The molecule has 112 valence electrons. The van der Waals surface area contributed by atoms with Gasteiger partial charge in [-0.25, -0.2) is 9.97 Å². The maximum Gasteiger partial charge on any atom is 0.433 e. The average molecular weight is 296 g/mol. The minimum Gasteiger partial charge on any atom is -0.354 e. The van der Waals surface area contributed by atoms with E-state index in [1.54, 1.807) is 19.2 Å². The largest absolute Gasteiger partial charge is 0.433 e. The number of halogens is 3. The second-order valence-electron chi connectivity index (χ2n) is 4.58. The van der Waals surface area contributed by atoms with Crippen molar-refractivity contribution in [2.45, 2.75) is 26.4 Å². The van der Waals surface area contributed by atoms with Crippen LogP contribution in [0.2, 0.25) is 0 Å². The Morgan fingerprint density at radius 2 is 2.00 bits per heavy atom. The van der Waals surface area contributed by atoms with Crippen LogP contribution in [0.3, 0.4) is 0 Å². The number of aromatic nitrogens is 3. The Kier molecular flexibility index (Phi) is 4.40. The first kappa shape index (κ1) is 15.2.